The van der Waals surface area contributed by atoms with Crippen molar-refractivity contribution in [1.29, 1.82) is 0 Å². The van der Waals surface area contributed by atoms with Gasteiger partial charge in [-0.05, 0) is 31.5 Å². The van der Waals surface area contributed by atoms with Gasteiger partial charge in [-0.1, -0.05) is 23.7 Å². The minimum atomic E-state index is -0.300. The number of rotatable bonds is 3. The Bertz CT molecular complexity index is 576. The van der Waals surface area contributed by atoms with Crippen molar-refractivity contribution in [2.45, 2.75) is 25.3 Å². The summed E-state index contributed by atoms with van der Waals surface area (Å²) < 4.78 is 0. The van der Waals surface area contributed by atoms with E-state index >= 15 is 0 Å². The highest BCUT2D eigenvalue weighted by Crippen LogP contribution is 2.31. The summed E-state index contributed by atoms with van der Waals surface area (Å²) in [4.78, 5) is 26.2. The first-order valence-electron chi connectivity index (χ1n) is 7.71. The molecule has 0 bridgehead atoms. The van der Waals surface area contributed by atoms with Gasteiger partial charge in [0.05, 0.1) is 16.6 Å². The number of anilines is 1. The Hall–Kier alpha value is -1.30. The molecule has 0 aromatic heterocycles. The van der Waals surface area contributed by atoms with Crippen molar-refractivity contribution in [3.63, 3.8) is 0 Å². The number of carbonyl (C=O) groups is 2. The smallest absolute Gasteiger partial charge is 0.227 e. The quantitative estimate of drug-likeness (QED) is 0.869. The van der Waals surface area contributed by atoms with E-state index in [1.54, 1.807) is 11.0 Å². The molecule has 2 atom stereocenters. The van der Waals surface area contributed by atoms with E-state index in [1.165, 1.54) is 0 Å². The summed E-state index contributed by atoms with van der Waals surface area (Å²) in [6, 6.07) is 7.41. The number of hydrogen-bond acceptors (Lipinski definition) is 3. The van der Waals surface area contributed by atoms with Gasteiger partial charge in [-0.3, -0.25) is 9.59 Å². The lowest BCUT2D eigenvalue weighted by Crippen LogP contribution is -2.47. The van der Waals surface area contributed by atoms with Crippen molar-refractivity contribution in [2.75, 3.05) is 24.5 Å². The second-order valence-corrected chi connectivity index (χ2v) is 6.32. The van der Waals surface area contributed by atoms with E-state index in [0.717, 1.165) is 25.9 Å². The third-order valence-corrected chi connectivity index (χ3v) is 4.60. The average Bonchev–Trinajstić information content (AvgIpc) is 2.91. The van der Waals surface area contributed by atoms with Crippen molar-refractivity contribution in [3.8, 4) is 0 Å². The van der Waals surface area contributed by atoms with Gasteiger partial charge in [-0.2, -0.15) is 0 Å². The number of hydrogen-bond donors (Lipinski definition) is 2. The second kappa shape index (κ2) is 7.99. The molecule has 2 heterocycles. The molecule has 1 aromatic carbocycles. The van der Waals surface area contributed by atoms with E-state index in [-0.39, 0.29) is 42.6 Å². The largest absolute Gasteiger partial charge is 0.352 e. The Morgan fingerprint density at radius 2 is 2.13 bits per heavy atom. The molecular weight excluding hydrogens is 337 g/mol. The number of nitrogens with zero attached hydrogens (tertiary/aromatic N) is 1. The molecule has 126 valence electrons. The van der Waals surface area contributed by atoms with Crippen LogP contribution in [0.3, 0.4) is 0 Å². The van der Waals surface area contributed by atoms with Gasteiger partial charge in [0.2, 0.25) is 11.8 Å². The minimum absolute atomic E-state index is 0. The Labute approximate surface area is 147 Å². The number of nitrogens with one attached hydrogen (secondary N) is 2. The lowest BCUT2D eigenvalue weighted by Gasteiger charge is -2.25. The summed E-state index contributed by atoms with van der Waals surface area (Å²) in [6.45, 7) is 2.21. The van der Waals surface area contributed by atoms with Gasteiger partial charge in [0.25, 0.3) is 0 Å². The Balaban J connectivity index is 0.00000192. The van der Waals surface area contributed by atoms with Gasteiger partial charge in [0, 0.05) is 25.6 Å². The molecule has 5 nitrogen and oxygen atoms in total. The van der Waals surface area contributed by atoms with Gasteiger partial charge < -0.3 is 15.5 Å². The van der Waals surface area contributed by atoms with Crippen LogP contribution in [0.15, 0.2) is 24.3 Å². The summed E-state index contributed by atoms with van der Waals surface area (Å²) in [5.41, 5.74) is 0.684. The summed E-state index contributed by atoms with van der Waals surface area (Å²) in [7, 11) is 0. The first-order valence-corrected chi connectivity index (χ1v) is 8.09. The SMILES string of the molecule is Cl.O=C(NC1CCCNC1)C1CC(=O)N(c2ccccc2Cl)C1. The zero-order valence-corrected chi connectivity index (χ0v) is 14.3. The number of piperidine rings is 1. The van der Waals surface area contributed by atoms with Gasteiger partial charge in [0.15, 0.2) is 0 Å². The zero-order chi connectivity index (χ0) is 15.5. The normalized spacial score (nSPS) is 24.2. The van der Waals surface area contributed by atoms with Crippen LogP contribution in [0, 0.1) is 5.92 Å². The van der Waals surface area contributed by atoms with Crippen LogP contribution in [0.1, 0.15) is 19.3 Å². The fraction of sp³-hybridized carbons (Fsp3) is 0.500. The average molecular weight is 358 g/mol. The van der Waals surface area contributed by atoms with Crippen LogP contribution < -0.4 is 15.5 Å². The molecule has 3 rings (SSSR count). The van der Waals surface area contributed by atoms with Crippen molar-refractivity contribution in [3.05, 3.63) is 29.3 Å². The van der Waals surface area contributed by atoms with Gasteiger partial charge >= 0.3 is 0 Å². The molecule has 2 fully saturated rings. The lowest BCUT2D eigenvalue weighted by molar-refractivity contribution is -0.127. The fourth-order valence-electron chi connectivity index (χ4n) is 3.08. The maximum Gasteiger partial charge on any atom is 0.227 e. The van der Waals surface area contributed by atoms with E-state index < -0.39 is 0 Å². The second-order valence-electron chi connectivity index (χ2n) is 5.91. The van der Waals surface area contributed by atoms with Crippen LogP contribution in [-0.2, 0) is 9.59 Å². The van der Waals surface area contributed by atoms with Gasteiger partial charge in [0.1, 0.15) is 0 Å². The van der Waals surface area contributed by atoms with Crippen molar-refractivity contribution >= 4 is 41.5 Å². The highest BCUT2D eigenvalue weighted by molar-refractivity contribution is 6.33. The van der Waals surface area contributed by atoms with Crippen molar-refractivity contribution in [1.82, 2.24) is 10.6 Å². The maximum absolute atomic E-state index is 12.4. The molecule has 23 heavy (non-hydrogen) atoms. The highest BCUT2D eigenvalue weighted by Gasteiger charge is 2.36. The first-order chi connectivity index (χ1) is 10.6. The summed E-state index contributed by atoms with van der Waals surface area (Å²) >= 11 is 6.15. The van der Waals surface area contributed by atoms with Crippen molar-refractivity contribution < 1.29 is 9.59 Å². The van der Waals surface area contributed by atoms with Crippen LogP contribution in [0.2, 0.25) is 5.02 Å². The standard InChI is InChI=1S/C16H20ClN3O2.ClH/c17-13-5-1-2-6-14(13)20-10-11(8-15(20)21)16(22)19-12-4-3-7-18-9-12;/h1-2,5-6,11-12,18H,3-4,7-10H2,(H,19,22);1H. The zero-order valence-electron chi connectivity index (χ0n) is 12.8. The summed E-state index contributed by atoms with van der Waals surface area (Å²) in [6.07, 6.45) is 2.31. The summed E-state index contributed by atoms with van der Waals surface area (Å²) in [5, 5.41) is 6.86. The third-order valence-electron chi connectivity index (χ3n) is 4.28. The number of halogens is 2. The molecule has 0 aliphatic carbocycles. The molecule has 2 aliphatic rings. The molecule has 2 aliphatic heterocycles. The van der Waals surface area contributed by atoms with Crippen molar-refractivity contribution in [2.24, 2.45) is 5.92 Å². The van der Waals surface area contributed by atoms with Crippen LogP contribution in [0.25, 0.3) is 0 Å². The Kier molecular flexibility index (Phi) is 6.27. The Morgan fingerprint density at radius 1 is 1.35 bits per heavy atom. The van der Waals surface area contributed by atoms with Crippen LogP contribution >= 0.6 is 24.0 Å². The predicted molar refractivity (Wildman–Crippen MR) is 93.2 cm³/mol. The number of amides is 2. The lowest BCUT2D eigenvalue weighted by atomic mass is 10.0. The van der Waals surface area contributed by atoms with Crippen LogP contribution in [0.4, 0.5) is 5.69 Å². The van der Waals surface area contributed by atoms with E-state index in [2.05, 4.69) is 10.6 Å². The molecule has 0 spiro atoms. The minimum Gasteiger partial charge on any atom is -0.352 e. The summed E-state index contributed by atoms with van der Waals surface area (Å²) in [5.74, 6) is -0.377. The predicted octanol–water partition coefficient (Wildman–Crippen LogP) is 1.98. The molecular formula is C16H21Cl2N3O2. The van der Waals surface area contributed by atoms with Crippen LogP contribution in [0.5, 0.6) is 0 Å². The topological polar surface area (TPSA) is 61.4 Å². The molecule has 1 aromatic rings. The van der Waals surface area contributed by atoms with Gasteiger partial charge in [-0.15, -0.1) is 12.4 Å². The highest BCUT2D eigenvalue weighted by atomic mass is 35.5. The molecule has 2 saturated heterocycles. The van der Waals surface area contributed by atoms with E-state index in [0.29, 0.717) is 17.3 Å². The van der Waals surface area contributed by atoms with E-state index in [1.807, 2.05) is 18.2 Å². The monoisotopic (exact) mass is 357 g/mol. The molecule has 2 N–H and O–H groups in total. The molecule has 2 amide bonds. The molecule has 2 unspecified atom stereocenters. The molecule has 0 radical (unpaired) electrons. The van der Waals surface area contributed by atoms with E-state index in [9.17, 15) is 9.59 Å². The molecule has 7 heteroatoms. The molecule has 0 saturated carbocycles. The van der Waals surface area contributed by atoms with E-state index in [4.69, 9.17) is 11.6 Å². The first kappa shape index (κ1) is 18.0. The number of benzene rings is 1. The number of carbonyl (C=O) groups excluding carboxylic acids is 2. The number of para-hydroxylation sites is 1. The fourth-order valence-corrected chi connectivity index (χ4v) is 3.32. The van der Waals surface area contributed by atoms with Crippen LogP contribution in [-0.4, -0.2) is 37.5 Å². The maximum atomic E-state index is 12.4. The Morgan fingerprint density at radius 3 is 2.83 bits per heavy atom. The third kappa shape index (κ3) is 4.16. The van der Waals surface area contributed by atoms with Gasteiger partial charge in [-0.25, -0.2) is 0 Å².